The first-order valence-corrected chi connectivity index (χ1v) is 8.78. The summed E-state index contributed by atoms with van der Waals surface area (Å²) in [6.07, 6.45) is 5.41. The second kappa shape index (κ2) is 6.90. The van der Waals surface area contributed by atoms with Crippen molar-refractivity contribution in [2.45, 2.75) is 59.4 Å². The summed E-state index contributed by atoms with van der Waals surface area (Å²) in [7, 11) is 0. The molecular formula is C17H29NS. The van der Waals surface area contributed by atoms with E-state index >= 15 is 0 Å². The summed E-state index contributed by atoms with van der Waals surface area (Å²) in [6, 6.07) is 2.87. The molecular weight excluding hydrogens is 250 g/mol. The van der Waals surface area contributed by atoms with Crippen LogP contribution in [0.3, 0.4) is 0 Å². The van der Waals surface area contributed by atoms with Gasteiger partial charge in [-0.25, -0.2) is 0 Å². The van der Waals surface area contributed by atoms with Crippen LogP contribution < -0.4 is 5.32 Å². The molecule has 4 atom stereocenters. The summed E-state index contributed by atoms with van der Waals surface area (Å²) in [4.78, 5) is 1.58. The predicted octanol–water partition coefficient (Wildman–Crippen LogP) is 5.17. The fourth-order valence-corrected chi connectivity index (χ4v) is 4.46. The molecule has 108 valence electrons. The SMILES string of the molecule is CCCNC(c1sccc1C)C1CCC(C)C(C)C1. The lowest BCUT2D eigenvalue weighted by atomic mass is 9.72. The van der Waals surface area contributed by atoms with Gasteiger partial charge in [0.25, 0.3) is 0 Å². The first kappa shape index (κ1) is 15.1. The molecule has 1 saturated carbocycles. The lowest BCUT2D eigenvalue weighted by Crippen LogP contribution is -2.33. The Hall–Kier alpha value is -0.340. The molecule has 1 aromatic rings. The van der Waals surface area contributed by atoms with Crippen LogP contribution in [0.4, 0.5) is 0 Å². The highest BCUT2D eigenvalue weighted by Crippen LogP contribution is 2.41. The maximum Gasteiger partial charge on any atom is 0.0446 e. The molecule has 19 heavy (non-hydrogen) atoms. The van der Waals surface area contributed by atoms with Gasteiger partial charge in [0.1, 0.15) is 0 Å². The first-order chi connectivity index (χ1) is 9.13. The summed E-state index contributed by atoms with van der Waals surface area (Å²) >= 11 is 1.94. The Morgan fingerprint density at radius 3 is 2.68 bits per heavy atom. The quantitative estimate of drug-likeness (QED) is 0.784. The van der Waals surface area contributed by atoms with E-state index in [1.54, 1.807) is 4.88 Å². The molecule has 0 saturated heterocycles. The highest BCUT2D eigenvalue weighted by molar-refractivity contribution is 7.10. The molecule has 1 heterocycles. The Balaban J connectivity index is 2.11. The van der Waals surface area contributed by atoms with Gasteiger partial charge in [-0.1, -0.05) is 27.2 Å². The van der Waals surface area contributed by atoms with Gasteiger partial charge in [-0.3, -0.25) is 0 Å². The van der Waals surface area contributed by atoms with Gasteiger partial charge >= 0.3 is 0 Å². The van der Waals surface area contributed by atoms with Crippen molar-refractivity contribution in [3.63, 3.8) is 0 Å². The molecule has 1 aromatic heterocycles. The van der Waals surface area contributed by atoms with Crippen LogP contribution in [0, 0.1) is 24.7 Å². The summed E-state index contributed by atoms with van der Waals surface area (Å²) in [5, 5.41) is 6.08. The van der Waals surface area contributed by atoms with Gasteiger partial charge in [0.15, 0.2) is 0 Å². The van der Waals surface area contributed by atoms with Gasteiger partial charge in [0.2, 0.25) is 0 Å². The third-order valence-corrected chi connectivity index (χ3v) is 6.01. The molecule has 0 amide bonds. The van der Waals surface area contributed by atoms with Crippen LogP contribution >= 0.6 is 11.3 Å². The van der Waals surface area contributed by atoms with Crippen molar-refractivity contribution in [1.29, 1.82) is 0 Å². The van der Waals surface area contributed by atoms with Crippen molar-refractivity contribution < 1.29 is 0 Å². The minimum Gasteiger partial charge on any atom is -0.309 e. The first-order valence-electron chi connectivity index (χ1n) is 7.90. The summed E-state index contributed by atoms with van der Waals surface area (Å²) in [6.45, 7) is 10.5. The lowest BCUT2D eigenvalue weighted by Gasteiger charge is -2.37. The summed E-state index contributed by atoms with van der Waals surface area (Å²) in [5.74, 6) is 2.62. The third kappa shape index (κ3) is 3.61. The van der Waals surface area contributed by atoms with Crippen LogP contribution in [0.25, 0.3) is 0 Å². The normalized spacial score (nSPS) is 29.4. The van der Waals surface area contributed by atoms with Crippen LogP contribution in [-0.4, -0.2) is 6.54 Å². The fraction of sp³-hybridized carbons (Fsp3) is 0.765. The van der Waals surface area contributed by atoms with E-state index in [1.165, 1.54) is 31.2 Å². The number of thiophene rings is 1. The van der Waals surface area contributed by atoms with Gasteiger partial charge in [-0.05, 0) is 67.5 Å². The van der Waals surface area contributed by atoms with Crippen molar-refractivity contribution in [1.82, 2.24) is 5.32 Å². The van der Waals surface area contributed by atoms with Crippen LogP contribution in [0.5, 0.6) is 0 Å². The smallest absolute Gasteiger partial charge is 0.0446 e. The average molecular weight is 279 g/mol. The number of hydrogen-bond acceptors (Lipinski definition) is 2. The summed E-state index contributed by atoms with van der Waals surface area (Å²) in [5.41, 5.74) is 1.48. The fourth-order valence-electron chi connectivity index (χ4n) is 3.37. The molecule has 0 aliphatic heterocycles. The van der Waals surface area contributed by atoms with E-state index in [-0.39, 0.29) is 0 Å². The Kier molecular flexibility index (Phi) is 5.47. The van der Waals surface area contributed by atoms with E-state index in [4.69, 9.17) is 0 Å². The van der Waals surface area contributed by atoms with Crippen LogP contribution in [0.15, 0.2) is 11.4 Å². The highest BCUT2D eigenvalue weighted by Gasteiger charge is 2.31. The van der Waals surface area contributed by atoms with Gasteiger partial charge < -0.3 is 5.32 Å². The zero-order valence-electron chi connectivity index (χ0n) is 12.9. The van der Waals surface area contributed by atoms with Crippen molar-refractivity contribution >= 4 is 11.3 Å². The van der Waals surface area contributed by atoms with Gasteiger partial charge in [0, 0.05) is 10.9 Å². The average Bonchev–Trinajstić information content (AvgIpc) is 2.80. The van der Waals surface area contributed by atoms with Crippen molar-refractivity contribution in [3.8, 4) is 0 Å². The maximum atomic E-state index is 3.83. The number of hydrogen-bond donors (Lipinski definition) is 1. The van der Waals surface area contributed by atoms with Crippen LogP contribution in [-0.2, 0) is 0 Å². The Morgan fingerprint density at radius 2 is 2.11 bits per heavy atom. The topological polar surface area (TPSA) is 12.0 Å². The van der Waals surface area contributed by atoms with Gasteiger partial charge in [-0.2, -0.15) is 0 Å². The summed E-state index contributed by atoms with van der Waals surface area (Å²) < 4.78 is 0. The molecule has 0 radical (unpaired) electrons. The van der Waals surface area contributed by atoms with E-state index < -0.39 is 0 Å². The number of nitrogens with one attached hydrogen (secondary N) is 1. The molecule has 2 rings (SSSR count). The van der Waals surface area contributed by atoms with Crippen LogP contribution in [0.1, 0.15) is 62.9 Å². The molecule has 1 N–H and O–H groups in total. The number of rotatable bonds is 5. The van der Waals surface area contributed by atoms with Gasteiger partial charge in [0.05, 0.1) is 0 Å². The molecule has 0 bridgehead atoms. The molecule has 2 heteroatoms. The highest BCUT2D eigenvalue weighted by atomic mass is 32.1. The van der Waals surface area contributed by atoms with E-state index in [2.05, 4.69) is 44.5 Å². The van der Waals surface area contributed by atoms with Crippen LogP contribution in [0.2, 0.25) is 0 Å². The largest absolute Gasteiger partial charge is 0.309 e. The van der Waals surface area contributed by atoms with Crippen molar-refractivity contribution in [2.75, 3.05) is 6.54 Å². The molecule has 1 aliphatic rings. The monoisotopic (exact) mass is 279 g/mol. The standard InChI is InChI=1S/C17H29NS/c1-5-9-18-16(17-13(3)8-10-19-17)15-7-6-12(2)14(4)11-15/h8,10,12,14-16,18H,5-7,9,11H2,1-4H3. The second-order valence-electron chi connectivity index (χ2n) is 6.43. The van der Waals surface area contributed by atoms with E-state index in [0.29, 0.717) is 6.04 Å². The van der Waals surface area contributed by atoms with E-state index in [9.17, 15) is 0 Å². The van der Waals surface area contributed by atoms with Gasteiger partial charge in [-0.15, -0.1) is 11.3 Å². The molecule has 1 nitrogen and oxygen atoms in total. The Morgan fingerprint density at radius 1 is 1.32 bits per heavy atom. The molecule has 4 unspecified atom stereocenters. The lowest BCUT2D eigenvalue weighted by molar-refractivity contribution is 0.172. The minimum atomic E-state index is 0.592. The Bertz CT molecular complexity index is 384. The zero-order chi connectivity index (χ0) is 13.8. The van der Waals surface area contributed by atoms with E-state index in [0.717, 1.165) is 24.3 Å². The maximum absolute atomic E-state index is 3.83. The number of aryl methyl sites for hydroxylation is 1. The molecule has 1 fully saturated rings. The zero-order valence-corrected chi connectivity index (χ0v) is 13.7. The van der Waals surface area contributed by atoms with Crippen molar-refractivity contribution in [3.05, 3.63) is 21.9 Å². The molecule has 0 aromatic carbocycles. The molecule has 0 spiro atoms. The van der Waals surface area contributed by atoms with E-state index in [1.807, 2.05) is 11.3 Å². The minimum absolute atomic E-state index is 0.592. The Labute approximate surface area is 122 Å². The molecule has 1 aliphatic carbocycles. The predicted molar refractivity (Wildman–Crippen MR) is 85.8 cm³/mol. The van der Waals surface area contributed by atoms with Crippen molar-refractivity contribution in [2.24, 2.45) is 17.8 Å². The third-order valence-electron chi connectivity index (χ3n) is 4.91. The second-order valence-corrected chi connectivity index (χ2v) is 7.38.